The van der Waals surface area contributed by atoms with Crippen LogP contribution < -0.4 is 5.32 Å². The maximum atomic E-state index is 11.8. The third-order valence-electron chi connectivity index (χ3n) is 6.37. The van der Waals surface area contributed by atoms with Crippen molar-refractivity contribution in [1.29, 1.82) is 0 Å². The van der Waals surface area contributed by atoms with Crippen LogP contribution in [0.5, 0.6) is 0 Å². The molecule has 0 unspecified atom stereocenters. The summed E-state index contributed by atoms with van der Waals surface area (Å²) in [6.07, 6.45) is -5.23. The van der Waals surface area contributed by atoms with Crippen molar-refractivity contribution >= 4 is 11.9 Å². The van der Waals surface area contributed by atoms with Gasteiger partial charge in [-0.15, -0.1) is 0 Å². The normalized spacial score (nSPS) is 23.7. The molecule has 0 spiro atoms. The van der Waals surface area contributed by atoms with E-state index in [0.29, 0.717) is 0 Å². The Labute approximate surface area is 215 Å². The van der Waals surface area contributed by atoms with Gasteiger partial charge in [0.05, 0.1) is 6.61 Å². The van der Waals surface area contributed by atoms with Gasteiger partial charge < -0.3 is 29.7 Å². The first-order valence-corrected chi connectivity index (χ1v) is 12.1. The number of benzene rings is 3. The van der Waals surface area contributed by atoms with Crippen molar-refractivity contribution in [3.05, 3.63) is 108 Å². The molecule has 3 N–H and O–H groups in total. The zero-order valence-electron chi connectivity index (χ0n) is 20.7. The number of aliphatic hydroxyl groups excluding tert-OH is 2. The van der Waals surface area contributed by atoms with Gasteiger partial charge in [-0.05, 0) is 16.7 Å². The molecule has 1 aliphatic rings. The van der Waals surface area contributed by atoms with Gasteiger partial charge in [0, 0.05) is 13.8 Å². The molecule has 0 radical (unpaired) electrons. The lowest BCUT2D eigenvalue weighted by Crippen LogP contribution is -2.65. The molecule has 4 rings (SSSR count). The van der Waals surface area contributed by atoms with Crippen LogP contribution in [0.1, 0.15) is 30.5 Å². The van der Waals surface area contributed by atoms with Crippen molar-refractivity contribution < 1.29 is 34.0 Å². The number of ether oxygens (including phenoxy) is 3. The highest BCUT2D eigenvalue weighted by atomic mass is 16.6. The lowest BCUT2D eigenvalue weighted by molar-refractivity contribution is -0.264. The molecule has 1 saturated heterocycles. The fourth-order valence-corrected chi connectivity index (χ4v) is 4.77. The number of esters is 1. The molecule has 1 amide bonds. The average molecular weight is 506 g/mol. The smallest absolute Gasteiger partial charge is 0.303 e. The zero-order chi connectivity index (χ0) is 26.4. The number of nitrogens with one attached hydrogen (secondary N) is 1. The topological polar surface area (TPSA) is 114 Å². The number of hydrogen-bond acceptors (Lipinski definition) is 7. The Morgan fingerprint density at radius 1 is 0.838 bits per heavy atom. The van der Waals surface area contributed by atoms with Gasteiger partial charge >= 0.3 is 5.97 Å². The summed E-state index contributed by atoms with van der Waals surface area (Å²) in [5.41, 5.74) is 1.48. The standard InChI is InChI=1S/C29H31NO7/c1-19(31)30-25-27(36-20(2)32)26(33)24(37-28(25)34)18-35-29(21-12-6-3-7-13-21,22-14-8-4-9-15-22)23-16-10-5-11-17-23/h3-17,24-28,33-34H,18H2,1-2H3,(H,30,31)/t24-,25-,26+,27-,28+/m1/s1. The predicted octanol–water partition coefficient (Wildman–Crippen LogP) is 2.51. The van der Waals surface area contributed by atoms with Crippen LogP contribution in [0.3, 0.4) is 0 Å². The van der Waals surface area contributed by atoms with Gasteiger partial charge in [-0.3, -0.25) is 9.59 Å². The third-order valence-corrected chi connectivity index (χ3v) is 6.37. The van der Waals surface area contributed by atoms with E-state index in [1.54, 1.807) is 0 Å². The van der Waals surface area contributed by atoms with Gasteiger partial charge in [0.15, 0.2) is 12.4 Å². The Morgan fingerprint density at radius 2 is 1.30 bits per heavy atom. The molecule has 1 heterocycles. The minimum absolute atomic E-state index is 0.165. The predicted molar refractivity (Wildman–Crippen MR) is 135 cm³/mol. The van der Waals surface area contributed by atoms with Crippen molar-refractivity contribution in [2.75, 3.05) is 6.61 Å². The quantitative estimate of drug-likeness (QED) is 0.318. The van der Waals surface area contributed by atoms with Gasteiger partial charge in [0.2, 0.25) is 5.91 Å². The summed E-state index contributed by atoms with van der Waals surface area (Å²) in [6, 6.07) is 27.9. The maximum absolute atomic E-state index is 11.8. The highest BCUT2D eigenvalue weighted by Crippen LogP contribution is 2.41. The van der Waals surface area contributed by atoms with E-state index < -0.39 is 48.1 Å². The van der Waals surface area contributed by atoms with E-state index in [1.165, 1.54) is 13.8 Å². The van der Waals surface area contributed by atoms with Crippen molar-refractivity contribution in [3.63, 3.8) is 0 Å². The molecule has 0 aromatic heterocycles. The summed E-state index contributed by atoms with van der Waals surface area (Å²) in [5, 5.41) is 24.3. The fraction of sp³-hybridized carbons (Fsp3) is 0.310. The SMILES string of the molecule is CC(=O)N[C@@H]1[C@@H](OC(C)=O)[C@@H](O)[C@@H](COC(c2ccccc2)(c2ccccc2)c2ccccc2)O[C@@H]1O. The Hall–Kier alpha value is -3.56. The van der Waals surface area contributed by atoms with E-state index in [9.17, 15) is 19.8 Å². The summed E-state index contributed by atoms with van der Waals surface area (Å²) < 4.78 is 17.7. The molecule has 8 nitrogen and oxygen atoms in total. The monoisotopic (exact) mass is 505 g/mol. The average Bonchev–Trinajstić information content (AvgIpc) is 2.90. The van der Waals surface area contributed by atoms with Crippen molar-refractivity contribution in [3.8, 4) is 0 Å². The highest BCUT2D eigenvalue weighted by molar-refractivity contribution is 5.73. The lowest BCUT2D eigenvalue weighted by Gasteiger charge is -2.44. The number of carbonyl (C=O) groups is 2. The fourth-order valence-electron chi connectivity index (χ4n) is 4.77. The first-order valence-electron chi connectivity index (χ1n) is 12.1. The molecule has 8 heteroatoms. The lowest BCUT2D eigenvalue weighted by atomic mass is 9.80. The number of rotatable bonds is 8. The maximum Gasteiger partial charge on any atom is 0.303 e. The number of amides is 1. The number of hydrogen-bond donors (Lipinski definition) is 3. The van der Waals surface area contributed by atoms with Crippen LogP contribution in [0.15, 0.2) is 91.0 Å². The first-order chi connectivity index (χ1) is 17.8. The van der Waals surface area contributed by atoms with Gasteiger partial charge in [0.25, 0.3) is 0 Å². The Kier molecular flexibility index (Phi) is 8.35. The molecule has 194 valence electrons. The molecular weight excluding hydrogens is 474 g/mol. The minimum Gasteiger partial charge on any atom is -0.457 e. The Bertz CT molecular complexity index is 1080. The second kappa shape index (κ2) is 11.7. The molecule has 1 aliphatic heterocycles. The molecular formula is C29H31NO7. The molecule has 0 saturated carbocycles. The molecule has 3 aromatic rings. The van der Waals surface area contributed by atoms with Gasteiger partial charge in [-0.1, -0.05) is 91.0 Å². The van der Waals surface area contributed by atoms with Crippen molar-refractivity contribution in [2.45, 2.75) is 50.1 Å². The van der Waals surface area contributed by atoms with Gasteiger partial charge in [-0.25, -0.2) is 0 Å². The minimum atomic E-state index is -1.54. The van der Waals surface area contributed by atoms with Crippen LogP contribution >= 0.6 is 0 Å². The van der Waals surface area contributed by atoms with E-state index in [1.807, 2.05) is 91.0 Å². The molecule has 5 atom stereocenters. The summed E-state index contributed by atoms with van der Waals surface area (Å²) in [6.45, 7) is 2.28. The van der Waals surface area contributed by atoms with E-state index in [2.05, 4.69) is 5.32 Å². The number of carbonyl (C=O) groups excluding carboxylic acids is 2. The summed E-state index contributed by atoms with van der Waals surface area (Å²) in [4.78, 5) is 23.5. The molecule has 0 aliphatic carbocycles. The van der Waals surface area contributed by atoms with Crippen molar-refractivity contribution in [1.82, 2.24) is 5.32 Å². The van der Waals surface area contributed by atoms with E-state index >= 15 is 0 Å². The Balaban J connectivity index is 1.73. The summed E-state index contributed by atoms with van der Waals surface area (Å²) in [7, 11) is 0. The highest BCUT2D eigenvalue weighted by Gasteiger charge is 2.48. The van der Waals surface area contributed by atoms with E-state index in [0.717, 1.165) is 16.7 Å². The van der Waals surface area contributed by atoms with Crippen LogP contribution in [-0.4, -0.2) is 59.3 Å². The second-order valence-electron chi connectivity index (χ2n) is 8.95. The third kappa shape index (κ3) is 5.73. The molecule has 3 aromatic carbocycles. The second-order valence-corrected chi connectivity index (χ2v) is 8.95. The molecule has 37 heavy (non-hydrogen) atoms. The largest absolute Gasteiger partial charge is 0.457 e. The van der Waals surface area contributed by atoms with Gasteiger partial charge in [0.1, 0.15) is 23.9 Å². The van der Waals surface area contributed by atoms with Gasteiger partial charge in [-0.2, -0.15) is 0 Å². The van der Waals surface area contributed by atoms with Crippen LogP contribution in [0.25, 0.3) is 0 Å². The van der Waals surface area contributed by atoms with Crippen LogP contribution in [0, 0.1) is 0 Å². The van der Waals surface area contributed by atoms with Crippen LogP contribution in [-0.2, 0) is 29.4 Å². The summed E-state index contributed by atoms with van der Waals surface area (Å²) >= 11 is 0. The summed E-state index contributed by atoms with van der Waals surface area (Å²) in [5.74, 6) is -1.14. The molecule has 0 bridgehead atoms. The Morgan fingerprint density at radius 3 is 1.70 bits per heavy atom. The van der Waals surface area contributed by atoms with Crippen LogP contribution in [0.4, 0.5) is 0 Å². The van der Waals surface area contributed by atoms with Crippen molar-refractivity contribution in [2.24, 2.45) is 0 Å². The zero-order valence-corrected chi connectivity index (χ0v) is 20.7. The van der Waals surface area contributed by atoms with E-state index in [-0.39, 0.29) is 6.61 Å². The van der Waals surface area contributed by atoms with E-state index in [4.69, 9.17) is 14.2 Å². The first kappa shape index (κ1) is 26.5. The van der Waals surface area contributed by atoms with Crippen LogP contribution in [0.2, 0.25) is 0 Å². The number of aliphatic hydroxyl groups is 2. The molecule has 1 fully saturated rings.